The molecule has 1 aliphatic rings. The van der Waals surface area contributed by atoms with Crippen LogP contribution < -0.4 is 5.32 Å². The van der Waals surface area contributed by atoms with E-state index >= 15 is 0 Å². The predicted octanol–water partition coefficient (Wildman–Crippen LogP) is 2.54. The summed E-state index contributed by atoms with van der Waals surface area (Å²) in [6, 6.07) is 4.40. The van der Waals surface area contributed by atoms with E-state index in [1.807, 2.05) is 0 Å². The smallest absolute Gasteiger partial charge is 0.162 e. The Morgan fingerprint density at radius 2 is 2.05 bits per heavy atom. The first-order valence-electron chi connectivity index (χ1n) is 7.37. The normalized spacial score (nSPS) is 17.9. The number of methoxy groups -OCH3 is 1. The van der Waals surface area contributed by atoms with Crippen molar-refractivity contribution in [1.82, 2.24) is 5.32 Å². The summed E-state index contributed by atoms with van der Waals surface area (Å²) in [6.45, 7) is 3.49. The van der Waals surface area contributed by atoms with Crippen LogP contribution in [0.25, 0.3) is 0 Å². The summed E-state index contributed by atoms with van der Waals surface area (Å²) in [5.74, 6) is -1.50. The monoisotopic (exact) mass is 299 g/mol. The van der Waals surface area contributed by atoms with Crippen molar-refractivity contribution >= 4 is 0 Å². The average molecular weight is 299 g/mol. The van der Waals surface area contributed by atoms with Crippen molar-refractivity contribution in [3.63, 3.8) is 0 Å². The minimum absolute atomic E-state index is 0.0827. The van der Waals surface area contributed by atoms with Crippen molar-refractivity contribution in [3.8, 4) is 0 Å². The maximum atomic E-state index is 13.9. The molecule has 1 fully saturated rings. The number of rotatable bonds is 7. The molecular formula is C16H23F2NO2. The van der Waals surface area contributed by atoms with E-state index in [-0.39, 0.29) is 5.41 Å². The molecule has 2 rings (SSSR count). The largest absolute Gasteiger partial charge is 0.383 e. The molecule has 3 nitrogen and oxygen atoms in total. The van der Waals surface area contributed by atoms with Crippen molar-refractivity contribution in [2.24, 2.45) is 5.41 Å². The fourth-order valence-corrected chi connectivity index (χ4v) is 2.84. The van der Waals surface area contributed by atoms with Gasteiger partial charge in [-0.1, -0.05) is 12.1 Å². The summed E-state index contributed by atoms with van der Waals surface area (Å²) in [6.07, 6.45) is 2.23. The summed E-state index contributed by atoms with van der Waals surface area (Å²) < 4.78 is 37.7. The third-order valence-corrected chi connectivity index (χ3v) is 4.13. The zero-order valence-electron chi connectivity index (χ0n) is 12.5. The molecule has 1 aromatic carbocycles. The maximum Gasteiger partial charge on any atom is 0.162 e. The van der Waals surface area contributed by atoms with Gasteiger partial charge in [0, 0.05) is 33.4 Å². The highest BCUT2D eigenvalue weighted by Gasteiger charge is 2.33. The summed E-state index contributed by atoms with van der Waals surface area (Å²) in [7, 11) is 1.66. The summed E-state index contributed by atoms with van der Waals surface area (Å²) in [5.41, 5.74) is 0.367. The lowest BCUT2D eigenvalue weighted by Gasteiger charge is -2.38. The second kappa shape index (κ2) is 7.82. The average Bonchev–Trinajstić information content (AvgIpc) is 2.50. The summed E-state index contributed by atoms with van der Waals surface area (Å²) >= 11 is 0. The topological polar surface area (TPSA) is 30.5 Å². The number of nitrogens with one attached hydrogen (secondary N) is 1. The number of halogens is 2. The highest BCUT2D eigenvalue weighted by Crippen LogP contribution is 2.34. The van der Waals surface area contributed by atoms with Crippen molar-refractivity contribution < 1.29 is 18.3 Å². The Morgan fingerprint density at radius 3 is 2.76 bits per heavy atom. The SMILES string of the molecule is COCCNCC1(Cc2cccc(F)c2F)CCOCC1. The van der Waals surface area contributed by atoms with Crippen molar-refractivity contribution in [2.45, 2.75) is 19.3 Å². The number of benzene rings is 1. The van der Waals surface area contributed by atoms with Crippen LogP contribution in [0.3, 0.4) is 0 Å². The second-order valence-corrected chi connectivity index (χ2v) is 5.67. The molecule has 0 aliphatic carbocycles. The first-order valence-corrected chi connectivity index (χ1v) is 7.37. The fraction of sp³-hybridized carbons (Fsp3) is 0.625. The molecule has 0 bridgehead atoms. The van der Waals surface area contributed by atoms with Crippen LogP contribution >= 0.6 is 0 Å². The number of hydrogen-bond donors (Lipinski definition) is 1. The molecule has 1 aromatic rings. The van der Waals surface area contributed by atoms with Crippen molar-refractivity contribution in [3.05, 3.63) is 35.4 Å². The molecule has 118 valence electrons. The van der Waals surface area contributed by atoms with Crippen LogP contribution in [0.2, 0.25) is 0 Å². The van der Waals surface area contributed by atoms with Gasteiger partial charge >= 0.3 is 0 Å². The van der Waals surface area contributed by atoms with Gasteiger partial charge in [-0.2, -0.15) is 0 Å². The Balaban J connectivity index is 2.06. The molecule has 0 radical (unpaired) electrons. The highest BCUT2D eigenvalue weighted by molar-refractivity contribution is 5.21. The molecule has 0 amide bonds. The van der Waals surface area contributed by atoms with E-state index < -0.39 is 11.6 Å². The van der Waals surface area contributed by atoms with Crippen molar-refractivity contribution in [1.29, 1.82) is 0 Å². The van der Waals surface area contributed by atoms with Crippen LogP contribution in [0.5, 0.6) is 0 Å². The molecule has 1 N–H and O–H groups in total. The van der Waals surface area contributed by atoms with E-state index in [2.05, 4.69) is 5.32 Å². The third kappa shape index (κ3) is 4.46. The van der Waals surface area contributed by atoms with E-state index in [1.165, 1.54) is 0 Å². The molecular weight excluding hydrogens is 276 g/mol. The van der Waals surface area contributed by atoms with Gasteiger partial charge in [0.15, 0.2) is 11.6 Å². The molecule has 0 saturated carbocycles. The maximum absolute atomic E-state index is 13.9. The van der Waals surface area contributed by atoms with Crippen LogP contribution in [0.4, 0.5) is 8.78 Å². The molecule has 21 heavy (non-hydrogen) atoms. The van der Waals surface area contributed by atoms with Gasteiger partial charge in [-0.15, -0.1) is 0 Å². The van der Waals surface area contributed by atoms with Gasteiger partial charge in [0.25, 0.3) is 0 Å². The number of ether oxygens (including phenoxy) is 2. The highest BCUT2D eigenvalue weighted by atomic mass is 19.2. The fourth-order valence-electron chi connectivity index (χ4n) is 2.84. The second-order valence-electron chi connectivity index (χ2n) is 5.67. The molecule has 0 spiro atoms. The third-order valence-electron chi connectivity index (χ3n) is 4.13. The van der Waals surface area contributed by atoms with Gasteiger partial charge in [0.1, 0.15) is 0 Å². The quantitative estimate of drug-likeness (QED) is 0.785. The van der Waals surface area contributed by atoms with Crippen LogP contribution in [-0.2, 0) is 15.9 Å². The molecule has 0 unspecified atom stereocenters. The molecule has 1 aliphatic heterocycles. The predicted molar refractivity (Wildman–Crippen MR) is 77.3 cm³/mol. The Hall–Kier alpha value is -1.04. The van der Waals surface area contributed by atoms with Crippen LogP contribution in [0, 0.1) is 17.0 Å². The van der Waals surface area contributed by atoms with Crippen LogP contribution in [0.15, 0.2) is 18.2 Å². The summed E-state index contributed by atoms with van der Waals surface area (Å²) in [5, 5.41) is 3.35. The molecule has 1 saturated heterocycles. The van der Waals surface area contributed by atoms with Gasteiger partial charge in [0.05, 0.1) is 6.61 Å². The first kappa shape index (κ1) is 16.3. The van der Waals surface area contributed by atoms with Gasteiger partial charge < -0.3 is 14.8 Å². The van der Waals surface area contributed by atoms with Crippen molar-refractivity contribution in [2.75, 3.05) is 40.0 Å². The first-order chi connectivity index (χ1) is 10.2. The van der Waals surface area contributed by atoms with E-state index in [1.54, 1.807) is 19.2 Å². The molecule has 0 atom stereocenters. The Labute approximate surface area is 124 Å². The van der Waals surface area contributed by atoms with Crippen LogP contribution in [0.1, 0.15) is 18.4 Å². The van der Waals surface area contributed by atoms with E-state index in [9.17, 15) is 8.78 Å². The molecule has 1 heterocycles. The summed E-state index contributed by atoms with van der Waals surface area (Å²) in [4.78, 5) is 0. The van der Waals surface area contributed by atoms with E-state index in [0.717, 1.165) is 32.0 Å². The zero-order chi connectivity index (χ0) is 15.1. The lowest BCUT2D eigenvalue weighted by Crippen LogP contribution is -2.41. The Kier molecular flexibility index (Phi) is 6.08. The Morgan fingerprint density at radius 1 is 1.29 bits per heavy atom. The van der Waals surface area contributed by atoms with Gasteiger partial charge in [-0.05, 0) is 36.3 Å². The molecule has 0 aromatic heterocycles. The molecule has 5 heteroatoms. The Bertz CT molecular complexity index is 448. The lowest BCUT2D eigenvalue weighted by atomic mass is 9.75. The minimum Gasteiger partial charge on any atom is -0.383 e. The number of hydrogen-bond acceptors (Lipinski definition) is 3. The van der Waals surface area contributed by atoms with Crippen LogP contribution in [-0.4, -0.2) is 40.0 Å². The zero-order valence-corrected chi connectivity index (χ0v) is 12.5. The minimum atomic E-state index is -0.776. The van der Waals surface area contributed by atoms with Gasteiger partial charge in [0.2, 0.25) is 0 Å². The van der Waals surface area contributed by atoms with Gasteiger partial charge in [-0.25, -0.2) is 8.78 Å². The van der Waals surface area contributed by atoms with Gasteiger partial charge in [-0.3, -0.25) is 0 Å². The standard InChI is InChI=1S/C16H23F2NO2/c1-20-10-7-19-12-16(5-8-21-9-6-16)11-13-3-2-4-14(17)15(13)18/h2-4,19H,5-12H2,1H3. The lowest BCUT2D eigenvalue weighted by molar-refractivity contribution is 0.0139. The van der Waals surface area contributed by atoms with E-state index in [4.69, 9.17) is 9.47 Å². The van der Waals surface area contributed by atoms with E-state index in [0.29, 0.717) is 31.8 Å².